The summed E-state index contributed by atoms with van der Waals surface area (Å²) in [5, 5.41) is 6.52. The molecule has 1 heterocycles. The first kappa shape index (κ1) is 19.0. The molecular weight excluding hydrogens is 342 g/mol. The summed E-state index contributed by atoms with van der Waals surface area (Å²) in [6.45, 7) is 4.42. The lowest BCUT2D eigenvalue weighted by atomic mass is 10.0. The van der Waals surface area contributed by atoms with Gasteiger partial charge in [-0.15, -0.1) is 0 Å². The fraction of sp³-hybridized carbons (Fsp3) is 0.360. The minimum atomic E-state index is 0.607. The molecule has 0 saturated carbocycles. The van der Waals surface area contributed by atoms with Gasteiger partial charge in [-0.3, -0.25) is 4.90 Å². The molecule has 1 N–H and O–H groups in total. The van der Waals surface area contributed by atoms with Crippen LogP contribution in [0.4, 0.5) is 5.69 Å². The van der Waals surface area contributed by atoms with Crippen LogP contribution >= 0.6 is 0 Å². The average molecular weight is 374 g/mol. The lowest BCUT2D eigenvalue weighted by Gasteiger charge is -2.18. The van der Waals surface area contributed by atoms with E-state index in [9.17, 15) is 0 Å². The Labute approximate surface area is 169 Å². The lowest BCUT2D eigenvalue weighted by molar-refractivity contribution is 0.320. The van der Waals surface area contributed by atoms with E-state index in [2.05, 4.69) is 95.9 Å². The van der Waals surface area contributed by atoms with E-state index < -0.39 is 0 Å². The number of hydrogen-bond donors (Lipinski definition) is 1. The lowest BCUT2D eigenvalue weighted by Crippen LogP contribution is -2.33. The smallest absolute Gasteiger partial charge is 0.0361 e. The van der Waals surface area contributed by atoms with Crippen LogP contribution in [0.15, 0.2) is 66.7 Å². The van der Waals surface area contributed by atoms with Crippen LogP contribution in [0.5, 0.6) is 0 Å². The van der Waals surface area contributed by atoms with Crippen LogP contribution in [-0.4, -0.2) is 44.7 Å². The third kappa shape index (κ3) is 4.54. The van der Waals surface area contributed by atoms with Gasteiger partial charge in [0.05, 0.1) is 0 Å². The predicted octanol–water partition coefficient (Wildman–Crippen LogP) is 4.31. The molecule has 3 nitrogen and oxygen atoms in total. The van der Waals surface area contributed by atoms with Gasteiger partial charge in [-0.1, -0.05) is 54.6 Å². The minimum absolute atomic E-state index is 0.607. The monoisotopic (exact) mass is 373 g/mol. The van der Waals surface area contributed by atoms with E-state index in [4.69, 9.17) is 0 Å². The van der Waals surface area contributed by atoms with Crippen molar-refractivity contribution in [2.75, 3.05) is 38.6 Å². The van der Waals surface area contributed by atoms with Crippen molar-refractivity contribution >= 4 is 16.5 Å². The van der Waals surface area contributed by atoms with Gasteiger partial charge in [0.2, 0.25) is 0 Å². The largest absolute Gasteiger partial charge is 0.378 e. The SMILES string of the molecule is CN(C)c1ccc(CN2CCC(NCCc3cccc4ccccc34)C2)cc1. The van der Waals surface area contributed by atoms with Gasteiger partial charge in [-0.25, -0.2) is 0 Å². The summed E-state index contributed by atoms with van der Waals surface area (Å²) >= 11 is 0. The Bertz CT molecular complexity index is 896. The zero-order valence-electron chi connectivity index (χ0n) is 17.1. The number of likely N-dealkylation sites (tertiary alicyclic amines) is 1. The number of benzene rings is 3. The van der Waals surface area contributed by atoms with Crippen LogP contribution < -0.4 is 10.2 Å². The van der Waals surface area contributed by atoms with E-state index in [1.54, 1.807) is 0 Å². The third-order valence-corrected chi connectivity index (χ3v) is 5.84. The Kier molecular flexibility index (Phi) is 5.94. The summed E-state index contributed by atoms with van der Waals surface area (Å²) in [5.41, 5.74) is 4.11. The second-order valence-electron chi connectivity index (χ2n) is 8.12. The molecule has 3 heteroatoms. The third-order valence-electron chi connectivity index (χ3n) is 5.84. The van der Waals surface area contributed by atoms with E-state index in [0.717, 1.165) is 26.1 Å². The van der Waals surface area contributed by atoms with Crippen LogP contribution in [0.3, 0.4) is 0 Å². The molecule has 28 heavy (non-hydrogen) atoms. The first-order valence-electron chi connectivity index (χ1n) is 10.4. The minimum Gasteiger partial charge on any atom is -0.378 e. The zero-order valence-corrected chi connectivity index (χ0v) is 17.1. The fourth-order valence-corrected chi connectivity index (χ4v) is 4.22. The Morgan fingerprint density at radius 1 is 0.964 bits per heavy atom. The van der Waals surface area contributed by atoms with Gasteiger partial charge < -0.3 is 10.2 Å². The molecule has 1 unspecified atom stereocenters. The van der Waals surface area contributed by atoms with Gasteiger partial charge in [-0.05, 0) is 53.4 Å². The summed E-state index contributed by atoms with van der Waals surface area (Å²) in [6, 6.07) is 24.9. The molecule has 1 saturated heterocycles. The second-order valence-corrected chi connectivity index (χ2v) is 8.12. The van der Waals surface area contributed by atoms with E-state index >= 15 is 0 Å². The normalized spacial score (nSPS) is 17.3. The molecule has 3 aromatic rings. The molecular formula is C25H31N3. The molecule has 0 amide bonds. The highest BCUT2D eigenvalue weighted by Crippen LogP contribution is 2.19. The maximum atomic E-state index is 3.79. The molecule has 3 aromatic carbocycles. The molecule has 1 fully saturated rings. The summed E-state index contributed by atoms with van der Waals surface area (Å²) in [7, 11) is 4.17. The van der Waals surface area contributed by atoms with Crippen molar-refractivity contribution in [3.05, 3.63) is 77.9 Å². The molecule has 0 aliphatic carbocycles. The first-order valence-corrected chi connectivity index (χ1v) is 10.4. The van der Waals surface area contributed by atoms with Gasteiger partial charge in [-0.2, -0.15) is 0 Å². The predicted molar refractivity (Wildman–Crippen MR) is 120 cm³/mol. The topological polar surface area (TPSA) is 18.5 Å². The zero-order chi connectivity index (χ0) is 19.3. The Morgan fingerprint density at radius 2 is 1.75 bits per heavy atom. The van der Waals surface area contributed by atoms with Gasteiger partial charge in [0.25, 0.3) is 0 Å². The maximum absolute atomic E-state index is 3.79. The fourth-order valence-electron chi connectivity index (χ4n) is 4.22. The summed E-state index contributed by atoms with van der Waals surface area (Å²) in [5.74, 6) is 0. The van der Waals surface area contributed by atoms with E-state index in [1.165, 1.54) is 40.6 Å². The Hall–Kier alpha value is -2.36. The van der Waals surface area contributed by atoms with Gasteiger partial charge >= 0.3 is 0 Å². The van der Waals surface area contributed by atoms with Crippen molar-refractivity contribution < 1.29 is 0 Å². The van der Waals surface area contributed by atoms with E-state index in [-0.39, 0.29) is 0 Å². The number of anilines is 1. The van der Waals surface area contributed by atoms with Crippen LogP contribution in [0.2, 0.25) is 0 Å². The molecule has 0 aromatic heterocycles. The van der Waals surface area contributed by atoms with Crippen LogP contribution in [-0.2, 0) is 13.0 Å². The Morgan fingerprint density at radius 3 is 2.57 bits per heavy atom. The highest BCUT2D eigenvalue weighted by Gasteiger charge is 2.21. The number of nitrogens with zero attached hydrogens (tertiary/aromatic N) is 2. The number of rotatable bonds is 7. The maximum Gasteiger partial charge on any atom is 0.0361 e. The van der Waals surface area contributed by atoms with Crippen molar-refractivity contribution in [1.29, 1.82) is 0 Å². The van der Waals surface area contributed by atoms with Crippen molar-refractivity contribution in [3.8, 4) is 0 Å². The molecule has 1 aliphatic rings. The van der Waals surface area contributed by atoms with Crippen molar-refractivity contribution in [3.63, 3.8) is 0 Å². The molecule has 0 bridgehead atoms. The standard InChI is InChI=1S/C25H31N3/c1-27(2)24-12-10-20(11-13-24)18-28-17-15-23(19-28)26-16-14-22-8-5-7-21-6-3-4-9-25(21)22/h3-13,23,26H,14-19H2,1-2H3. The first-order chi connectivity index (χ1) is 13.7. The van der Waals surface area contributed by atoms with Crippen LogP contribution in [0, 0.1) is 0 Å². The number of fused-ring (bicyclic) bond motifs is 1. The average Bonchev–Trinajstić information content (AvgIpc) is 3.16. The highest BCUT2D eigenvalue weighted by molar-refractivity contribution is 5.85. The van der Waals surface area contributed by atoms with E-state index in [0.29, 0.717) is 6.04 Å². The molecule has 146 valence electrons. The summed E-state index contributed by atoms with van der Waals surface area (Å²) in [4.78, 5) is 4.72. The summed E-state index contributed by atoms with van der Waals surface area (Å²) in [6.07, 6.45) is 2.33. The van der Waals surface area contributed by atoms with Crippen LogP contribution in [0.1, 0.15) is 17.5 Å². The quantitative estimate of drug-likeness (QED) is 0.666. The van der Waals surface area contributed by atoms with Gasteiger partial charge in [0.1, 0.15) is 0 Å². The highest BCUT2D eigenvalue weighted by atomic mass is 15.2. The molecule has 1 atom stereocenters. The van der Waals surface area contributed by atoms with Crippen LogP contribution in [0.25, 0.3) is 10.8 Å². The number of nitrogens with one attached hydrogen (secondary N) is 1. The van der Waals surface area contributed by atoms with Gasteiger partial charge in [0, 0.05) is 45.5 Å². The van der Waals surface area contributed by atoms with Gasteiger partial charge in [0.15, 0.2) is 0 Å². The second kappa shape index (κ2) is 8.76. The van der Waals surface area contributed by atoms with Crippen molar-refractivity contribution in [2.45, 2.75) is 25.4 Å². The molecule has 1 aliphatic heterocycles. The number of hydrogen-bond acceptors (Lipinski definition) is 3. The van der Waals surface area contributed by atoms with E-state index in [1.807, 2.05) is 0 Å². The summed E-state index contributed by atoms with van der Waals surface area (Å²) < 4.78 is 0. The Balaban J connectivity index is 1.26. The molecule has 0 spiro atoms. The molecule has 4 rings (SSSR count). The molecule has 0 radical (unpaired) electrons. The van der Waals surface area contributed by atoms with Crippen molar-refractivity contribution in [2.24, 2.45) is 0 Å². The van der Waals surface area contributed by atoms with Crippen molar-refractivity contribution in [1.82, 2.24) is 10.2 Å².